The van der Waals surface area contributed by atoms with Gasteiger partial charge in [-0.3, -0.25) is 0 Å². The number of anilines is 1. The van der Waals surface area contributed by atoms with Gasteiger partial charge in [-0.05, 0) is 55.5 Å². The second-order valence-corrected chi connectivity index (χ2v) is 7.99. The maximum Gasteiger partial charge on any atom is 0.191 e. The standard InChI is InChI=1S/C25H37N5O2.HI/c1-4-26-25(27-14-13-20-9-11-22(31-2)23(17-20)32-3)29-19-21-10-12-24(28-18-21)30-15-7-5-6-8-16-30;/h9-12,17-18H,4-8,13-16,19H2,1-3H3,(H2,26,27,29);1H. The molecule has 3 rings (SSSR count). The lowest BCUT2D eigenvalue weighted by atomic mass is 10.1. The minimum atomic E-state index is 0. The molecule has 0 atom stereocenters. The smallest absolute Gasteiger partial charge is 0.191 e. The number of halogens is 1. The van der Waals surface area contributed by atoms with Crippen molar-refractivity contribution in [1.29, 1.82) is 0 Å². The molecule has 2 heterocycles. The van der Waals surface area contributed by atoms with Gasteiger partial charge < -0.3 is 25.0 Å². The third-order valence-corrected chi connectivity index (χ3v) is 5.66. The van der Waals surface area contributed by atoms with Gasteiger partial charge in [0.15, 0.2) is 17.5 Å². The number of pyridine rings is 1. The van der Waals surface area contributed by atoms with Gasteiger partial charge in [0.05, 0.1) is 20.8 Å². The normalized spacial score (nSPS) is 14.2. The molecule has 8 heteroatoms. The Balaban J connectivity index is 0.00000385. The van der Waals surface area contributed by atoms with Gasteiger partial charge in [0, 0.05) is 32.4 Å². The van der Waals surface area contributed by atoms with Crippen LogP contribution in [0.25, 0.3) is 0 Å². The van der Waals surface area contributed by atoms with Crippen molar-refractivity contribution >= 4 is 35.8 Å². The van der Waals surface area contributed by atoms with Crippen molar-refractivity contribution in [1.82, 2.24) is 15.6 Å². The highest BCUT2D eigenvalue weighted by Gasteiger charge is 2.11. The van der Waals surface area contributed by atoms with Crippen molar-refractivity contribution < 1.29 is 9.47 Å². The summed E-state index contributed by atoms with van der Waals surface area (Å²) in [6.45, 7) is 6.47. The molecule has 2 N–H and O–H groups in total. The summed E-state index contributed by atoms with van der Waals surface area (Å²) in [5, 5.41) is 6.73. The zero-order valence-corrected chi connectivity index (χ0v) is 22.4. The fourth-order valence-corrected chi connectivity index (χ4v) is 3.87. The van der Waals surface area contributed by atoms with Crippen LogP contribution in [0.1, 0.15) is 43.7 Å². The molecule has 0 radical (unpaired) electrons. The number of methoxy groups -OCH3 is 2. The SMILES string of the molecule is CCNC(=NCc1ccc(N2CCCCCC2)nc1)NCCc1ccc(OC)c(OC)c1.I. The molecule has 182 valence electrons. The van der Waals surface area contributed by atoms with Gasteiger partial charge in [-0.25, -0.2) is 9.98 Å². The molecule has 1 aliphatic heterocycles. The van der Waals surface area contributed by atoms with Crippen LogP contribution in [-0.2, 0) is 13.0 Å². The first-order chi connectivity index (χ1) is 15.7. The first-order valence-corrected chi connectivity index (χ1v) is 11.7. The van der Waals surface area contributed by atoms with E-state index in [2.05, 4.69) is 40.7 Å². The van der Waals surface area contributed by atoms with Crippen LogP contribution in [0, 0.1) is 0 Å². The molecule has 1 fully saturated rings. The van der Waals surface area contributed by atoms with Crippen molar-refractivity contribution in [2.45, 2.75) is 45.6 Å². The third kappa shape index (κ3) is 8.57. The number of aromatic nitrogens is 1. The number of nitrogens with one attached hydrogen (secondary N) is 2. The molecule has 0 bridgehead atoms. The average molecular weight is 568 g/mol. The number of nitrogens with zero attached hydrogens (tertiary/aromatic N) is 3. The largest absolute Gasteiger partial charge is 0.493 e. The number of hydrogen-bond donors (Lipinski definition) is 2. The van der Waals surface area contributed by atoms with Gasteiger partial charge in [-0.2, -0.15) is 0 Å². The lowest BCUT2D eigenvalue weighted by Crippen LogP contribution is -2.38. The van der Waals surface area contributed by atoms with Crippen molar-refractivity contribution in [3.8, 4) is 11.5 Å². The van der Waals surface area contributed by atoms with E-state index < -0.39 is 0 Å². The molecule has 0 unspecified atom stereocenters. The Bertz CT molecular complexity index is 852. The fraction of sp³-hybridized carbons (Fsp3) is 0.520. The summed E-state index contributed by atoms with van der Waals surface area (Å²) in [5.74, 6) is 3.39. The molecule has 0 aliphatic carbocycles. The molecule has 0 amide bonds. The Morgan fingerprint density at radius 2 is 1.70 bits per heavy atom. The minimum Gasteiger partial charge on any atom is -0.493 e. The zero-order chi connectivity index (χ0) is 22.6. The molecule has 1 saturated heterocycles. The predicted molar refractivity (Wildman–Crippen MR) is 146 cm³/mol. The van der Waals surface area contributed by atoms with E-state index in [1.165, 1.54) is 31.2 Å². The van der Waals surface area contributed by atoms with Gasteiger partial charge in [-0.1, -0.05) is 25.0 Å². The topological polar surface area (TPSA) is 71.0 Å². The number of guanidine groups is 1. The van der Waals surface area contributed by atoms with Crippen molar-refractivity contribution in [2.24, 2.45) is 4.99 Å². The lowest BCUT2D eigenvalue weighted by Gasteiger charge is -2.21. The summed E-state index contributed by atoms with van der Waals surface area (Å²) in [5.41, 5.74) is 2.29. The van der Waals surface area contributed by atoms with Crippen LogP contribution in [0.15, 0.2) is 41.5 Å². The molecule has 1 aliphatic rings. The first kappa shape index (κ1) is 27.0. The maximum absolute atomic E-state index is 5.39. The zero-order valence-electron chi connectivity index (χ0n) is 20.1. The van der Waals surface area contributed by atoms with E-state index in [4.69, 9.17) is 19.5 Å². The van der Waals surface area contributed by atoms with Crippen molar-refractivity contribution in [3.05, 3.63) is 47.7 Å². The van der Waals surface area contributed by atoms with E-state index in [9.17, 15) is 0 Å². The molecular weight excluding hydrogens is 529 g/mol. The van der Waals surface area contributed by atoms with Crippen molar-refractivity contribution in [2.75, 3.05) is 45.3 Å². The first-order valence-electron chi connectivity index (χ1n) is 11.7. The van der Waals surface area contributed by atoms with Gasteiger partial charge in [0.2, 0.25) is 0 Å². The summed E-state index contributed by atoms with van der Waals surface area (Å²) < 4.78 is 10.7. The minimum absolute atomic E-state index is 0. The van der Waals surface area contributed by atoms with E-state index in [1.54, 1.807) is 14.2 Å². The van der Waals surface area contributed by atoms with Crippen LogP contribution < -0.4 is 25.0 Å². The summed E-state index contributed by atoms with van der Waals surface area (Å²) in [6, 6.07) is 10.3. The number of ether oxygens (including phenoxy) is 2. The summed E-state index contributed by atoms with van der Waals surface area (Å²) in [7, 11) is 3.31. The Morgan fingerprint density at radius 3 is 2.33 bits per heavy atom. The monoisotopic (exact) mass is 567 g/mol. The number of aliphatic imine (C=N–C) groups is 1. The summed E-state index contributed by atoms with van der Waals surface area (Å²) in [4.78, 5) is 11.8. The highest BCUT2D eigenvalue weighted by atomic mass is 127. The summed E-state index contributed by atoms with van der Waals surface area (Å²) >= 11 is 0. The number of hydrogen-bond acceptors (Lipinski definition) is 5. The Hall–Kier alpha value is -2.23. The Morgan fingerprint density at radius 1 is 0.970 bits per heavy atom. The molecule has 0 saturated carbocycles. The van der Waals surface area contributed by atoms with Crippen molar-refractivity contribution in [3.63, 3.8) is 0 Å². The molecule has 2 aromatic rings. The van der Waals surface area contributed by atoms with Gasteiger partial charge in [-0.15, -0.1) is 24.0 Å². The van der Waals surface area contributed by atoms with Crippen LogP contribution in [0.2, 0.25) is 0 Å². The van der Waals surface area contributed by atoms with E-state index >= 15 is 0 Å². The second kappa shape index (κ2) is 14.8. The van der Waals surface area contributed by atoms with Crippen LogP contribution in [-0.4, -0.2) is 51.3 Å². The molecule has 7 nitrogen and oxygen atoms in total. The number of rotatable bonds is 9. The van der Waals surface area contributed by atoms with Crippen LogP contribution >= 0.6 is 24.0 Å². The molecular formula is C25H38IN5O2. The summed E-state index contributed by atoms with van der Waals surface area (Å²) in [6.07, 6.45) is 7.99. The second-order valence-electron chi connectivity index (χ2n) is 7.99. The lowest BCUT2D eigenvalue weighted by molar-refractivity contribution is 0.354. The quantitative estimate of drug-likeness (QED) is 0.266. The van der Waals surface area contributed by atoms with Crippen LogP contribution in [0.3, 0.4) is 0 Å². The van der Waals surface area contributed by atoms with E-state index in [0.717, 1.165) is 61.4 Å². The van der Waals surface area contributed by atoms with E-state index in [-0.39, 0.29) is 24.0 Å². The van der Waals surface area contributed by atoms with Gasteiger partial charge in [0.25, 0.3) is 0 Å². The molecule has 1 aromatic carbocycles. The highest BCUT2D eigenvalue weighted by Crippen LogP contribution is 2.27. The Kier molecular flexibility index (Phi) is 12.1. The van der Waals surface area contributed by atoms with Crippen LogP contribution in [0.4, 0.5) is 5.82 Å². The third-order valence-electron chi connectivity index (χ3n) is 5.66. The van der Waals surface area contributed by atoms with E-state index in [1.807, 2.05) is 18.3 Å². The predicted octanol–water partition coefficient (Wildman–Crippen LogP) is 4.40. The maximum atomic E-state index is 5.39. The highest BCUT2D eigenvalue weighted by molar-refractivity contribution is 14.0. The fourth-order valence-electron chi connectivity index (χ4n) is 3.87. The Labute approximate surface area is 215 Å². The molecule has 33 heavy (non-hydrogen) atoms. The van der Waals surface area contributed by atoms with Gasteiger partial charge >= 0.3 is 0 Å². The number of benzene rings is 1. The molecule has 0 spiro atoms. The van der Waals surface area contributed by atoms with Gasteiger partial charge in [0.1, 0.15) is 5.82 Å². The average Bonchev–Trinajstić information content (AvgIpc) is 3.12. The van der Waals surface area contributed by atoms with Crippen LogP contribution in [0.5, 0.6) is 11.5 Å². The van der Waals surface area contributed by atoms with E-state index in [0.29, 0.717) is 6.54 Å². The molecule has 1 aromatic heterocycles.